The van der Waals surface area contributed by atoms with Crippen molar-refractivity contribution in [1.82, 2.24) is 20.2 Å². The molecule has 1 saturated carbocycles. The molecule has 0 radical (unpaired) electrons. The molecule has 0 aliphatic heterocycles. The van der Waals surface area contributed by atoms with Crippen LogP contribution in [0.4, 0.5) is 0 Å². The number of rotatable bonds is 5. The SMILES string of the molecule is CN=C(NCc1cccc(Cn2ccnc2)c1)NC1CCC(C)CC1. The van der Waals surface area contributed by atoms with E-state index in [2.05, 4.69) is 56.4 Å². The Kier molecular flexibility index (Phi) is 6.09. The maximum atomic E-state index is 4.38. The van der Waals surface area contributed by atoms with Crippen LogP contribution in [0.2, 0.25) is 0 Å². The van der Waals surface area contributed by atoms with Crippen molar-refractivity contribution in [2.45, 2.75) is 51.7 Å². The van der Waals surface area contributed by atoms with Gasteiger partial charge in [-0.15, -0.1) is 0 Å². The van der Waals surface area contributed by atoms with Gasteiger partial charge in [0.05, 0.1) is 6.33 Å². The molecule has 1 heterocycles. The molecule has 5 heteroatoms. The third-order valence-corrected chi connectivity index (χ3v) is 4.96. The van der Waals surface area contributed by atoms with Gasteiger partial charge in [0.25, 0.3) is 0 Å². The van der Waals surface area contributed by atoms with E-state index in [1.807, 2.05) is 25.8 Å². The molecule has 134 valence electrons. The summed E-state index contributed by atoms with van der Waals surface area (Å²) in [5.41, 5.74) is 2.54. The van der Waals surface area contributed by atoms with Crippen molar-refractivity contribution in [3.05, 3.63) is 54.1 Å². The summed E-state index contributed by atoms with van der Waals surface area (Å²) in [6, 6.07) is 9.21. The van der Waals surface area contributed by atoms with Gasteiger partial charge in [-0.3, -0.25) is 4.99 Å². The fourth-order valence-corrected chi connectivity index (χ4v) is 3.41. The first-order valence-corrected chi connectivity index (χ1v) is 9.23. The van der Waals surface area contributed by atoms with Crippen molar-refractivity contribution in [2.75, 3.05) is 7.05 Å². The number of aromatic nitrogens is 2. The predicted molar refractivity (Wildman–Crippen MR) is 103 cm³/mol. The van der Waals surface area contributed by atoms with Gasteiger partial charge in [-0.2, -0.15) is 0 Å². The van der Waals surface area contributed by atoms with E-state index in [-0.39, 0.29) is 0 Å². The maximum absolute atomic E-state index is 4.38. The summed E-state index contributed by atoms with van der Waals surface area (Å²) in [6.07, 6.45) is 10.7. The van der Waals surface area contributed by atoms with Gasteiger partial charge in [-0.1, -0.05) is 31.2 Å². The fraction of sp³-hybridized carbons (Fsp3) is 0.500. The van der Waals surface area contributed by atoms with Crippen LogP contribution in [0, 0.1) is 5.92 Å². The number of nitrogens with zero attached hydrogens (tertiary/aromatic N) is 3. The van der Waals surface area contributed by atoms with E-state index in [0.717, 1.165) is 25.0 Å². The van der Waals surface area contributed by atoms with Crippen LogP contribution in [0.5, 0.6) is 0 Å². The molecule has 1 aliphatic rings. The van der Waals surface area contributed by atoms with Crippen LogP contribution in [0.15, 0.2) is 48.0 Å². The zero-order chi connectivity index (χ0) is 17.5. The van der Waals surface area contributed by atoms with Crippen LogP contribution in [0.25, 0.3) is 0 Å². The van der Waals surface area contributed by atoms with Crippen molar-refractivity contribution in [3.8, 4) is 0 Å². The first-order valence-electron chi connectivity index (χ1n) is 9.23. The lowest BCUT2D eigenvalue weighted by atomic mass is 9.87. The summed E-state index contributed by atoms with van der Waals surface area (Å²) in [5.74, 6) is 1.77. The second-order valence-electron chi connectivity index (χ2n) is 7.08. The van der Waals surface area contributed by atoms with Gasteiger partial charge in [0.1, 0.15) is 0 Å². The molecule has 0 saturated heterocycles. The average Bonchev–Trinajstić information content (AvgIpc) is 3.13. The van der Waals surface area contributed by atoms with Crippen LogP contribution < -0.4 is 10.6 Å². The molecule has 1 aromatic heterocycles. The zero-order valence-corrected chi connectivity index (χ0v) is 15.3. The molecule has 2 N–H and O–H groups in total. The average molecular weight is 339 g/mol. The number of benzene rings is 1. The lowest BCUT2D eigenvalue weighted by Crippen LogP contribution is -2.44. The van der Waals surface area contributed by atoms with Gasteiger partial charge in [0.15, 0.2) is 5.96 Å². The molecular weight excluding hydrogens is 310 g/mol. The molecule has 0 atom stereocenters. The van der Waals surface area contributed by atoms with Gasteiger partial charge < -0.3 is 15.2 Å². The predicted octanol–water partition coefficient (Wildman–Crippen LogP) is 3.18. The Bertz CT molecular complexity index is 669. The van der Waals surface area contributed by atoms with Crippen LogP contribution in [-0.4, -0.2) is 28.6 Å². The quantitative estimate of drug-likeness (QED) is 0.650. The van der Waals surface area contributed by atoms with Crippen molar-refractivity contribution < 1.29 is 0 Å². The standard InChI is InChI=1S/C20H29N5/c1-16-6-8-19(9-7-16)24-20(21-2)23-13-17-4-3-5-18(12-17)14-25-11-10-22-15-25/h3-5,10-12,15-16,19H,6-9,13-14H2,1-2H3,(H2,21,23,24). The first-order chi connectivity index (χ1) is 12.2. The fourth-order valence-electron chi connectivity index (χ4n) is 3.41. The van der Waals surface area contributed by atoms with Crippen LogP contribution in [-0.2, 0) is 13.1 Å². The van der Waals surface area contributed by atoms with E-state index in [0.29, 0.717) is 6.04 Å². The van der Waals surface area contributed by atoms with E-state index in [1.54, 1.807) is 0 Å². The summed E-state index contributed by atoms with van der Waals surface area (Å²) in [5, 5.41) is 7.02. The van der Waals surface area contributed by atoms with Gasteiger partial charge in [-0.25, -0.2) is 4.98 Å². The molecule has 5 nitrogen and oxygen atoms in total. The Morgan fingerprint density at radius 1 is 1.24 bits per heavy atom. The molecule has 25 heavy (non-hydrogen) atoms. The Labute approximate surface area is 150 Å². The Morgan fingerprint density at radius 2 is 2.04 bits per heavy atom. The van der Waals surface area contributed by atoms with E-state index in [1.165, 1.54) is 36.8 Å². The lowest BCUT2D eigenvalue weighted by Gasteiger charge is -2.28. The summed E-state index contributed by atoms with van der Waals surface area (Å²) in [4.78, 5) is 8.48. The Morgan fingerprint density at radius 3 is 2.76 bits per heavy atom. The number of hydrogen-bond donors (Lipinski definition) is 2. The largest absolute Gasteiger partial charge is 0.354 e. The highest BCUT2D eigenvalue weighted by atomic mass is 15.2. The highest BCUT2D eigenvalue weighted by Gasteiger charge is 2.18. The van der Waals surface area contributed by atoms with E-state index in [9.17, 15) is 0 Å². The van der Waals surface area contributed by atoms with Gasteiger partial charge in [0, 0.05) is 38.6 Å². The molecule has 1 fully saturated rings. The minimum atomic E-state index is 0.551. The molecule has 2 aromatic rings. The van der Waals surface area contributed by atoms with Crippen molar-refractivity contribution in [2.24, 2.45) is 10.9 Å². The number of aliphatic imine (C=N–C) groups is 1. The molecule has 1 aliphatic carbocycles. The van der Waals surface area contributed by atoms with Crippen LogP contribution in [0.3, 0.4) is 0 Å². The Balaban J connectivity index is 1.51. The molecule has 1 aromatic carbocycles. The second kappa shape index (κ2) is 8.70. The summed E-state index contributed by atoms with van der Waals surface area (Å²) >= 11 is 0. The second-order valence-corrected chi connectivity index (χ2v) is 7.08. The number of imidazole rings is 1. The number of hydrogen-bond acceptors (Lipinski definition) is 2. The smallest absolute Gasteiger partial charge is 0.191 e. The summed E-state index contributed by atoms with van der Waals surface area (Å²) in [6.45, 7) is 3.97. The van der Waals surface area contributed by atoms with Crippen LogP contribution >= 0.6 is 0 Å². The maximum Gasteiger partial charge on any atom is 0.191 e. The minimum Gasteiger partial charge on any atom is -0.354 e. The van der Waals surface area contributed by atoms with Crippen molar-refractivity contribution in [1.29, 1.82) is 0 Å². The third-order valence-electron chi connectivity index (χ3n) is 4.96. The van der Waals surface area contributed by atoms with Gasteiger partial charge in [-0.05, 0) is 42.7 Å². The topological polar surface area (TPSA) is 54.2 Å². The van der Waals surface area contributed by atoms with E-state index in [4.69, 9.17) is 0 Å². The molecule has 0 amide bonds. The molecule has 0 spiro atoms. The molecule has 0 bridgehead atoms. The number of nitrogens with one attached hydrogen (secondary N) is 2. The van der Waals surface area contributed by atoms with Gasteiger partial charge >= 0.3 is 0 Å². The monoisotopic (exact) mass is 339 g/mol. The highest BCUT2D eigenvalue weighted by molar-refractivity contribution is 5.79. The van der Waals surface area contributed by atoms with Crippen LogP contribution in [0.1, 0.15) is 43.7 Å². The van der Waals surface area contributed by atoms with Crippen molar-refractivity contribution in [3.63, 3.8) is 0 Å². The minimum absolute atomic E-state index is 0.551. The lowest BCUT2D eigenvalue weighted by molar-refractivity contribution is 0.329. The van der Waals surface area contributed by atoms with Gasteiger partial charge in [0.2, 0.25) is 0 Å². The zero-order valence-electron chi connectivity index (χ0n) is 15.3. The Hall–Kier alpha value is -2.30. The highest BCUT2D eigenvalue weighted by Crippen LogP contribution is 2.23. The first kappa shape index (κ1) is 17.5. The van der Waals surface area contributed by atoms with E-state index >= 15 is 0 Å². The number of guanidine groups is 1. The molecule has 3 rings (SSSR count). The summed E-state index contributed by atoms with van der Waals surface area (Å²) < 4.78 is 2.08. The molecule has 0 unspecified atom stereocenters. The van der Waals surface area contributed by atoms with Crippen molar-refractivity contribution >= 4 is 5.96 Å². The third kappa shape index (κ3) is 5.34. The summed E-state index contributed by atoms with van der Waals surface area (Å²) in [7, 11) is 1.84. The normalized spacial score (nSPS) is 21.1. The molecular formula is C20H29N5. The van der Waals surface area contributed by atoms with E-state index < -0.39 is 0 Å².